The lowest BCUT2D eigenvalue weighted by molar-refractivity contribution is -0.117. The van der Waals surface area contributed by atoms with Crippen LogP contribution >= 0.6 is 0 Å². The first kappa shape index (κ1) is 10.6. The van der Waals surface area contributed by atoms with Gasteiger partial charge in [-0.15, -0.1) is 0 Å². The van der Waals surface area contributed by atoms with E-state index in [1.165, 1.54) is 0 Å². The Morgan fingerprint density at radius 1 is 1.56 bits per heavy atom. The van der Waals surface area contributed by atoms with Crippen LogP contribution < -0.4 is 16.4 Å². The molecule has 1 heterocycles. The molecule has 1 unspecified atom stereocenters. The molecule has 1 atom stereocenters. The molecule has 1 aromatic carbocycles. The first-order chi connectivity index (χ1) is 7.59. The molecule has 1 aliphatic rings. The van der Waals surface area contributed by atoms with E-state index >= 15 is 0 Å². The van der Waals surface area contributed by atoms with E-state index in [0.29, 0.717) is 17.8 Å². The van der Waals surface area contributed by atoms with Crippen LogP contribution in [0.5, 0.6) is 0 Å². The molecular weight excluding hydrogens is 206 g/mol. The molecule has 0 fully saturated rings. The van der Waals surface area contributed by atoms with Crippen molar-refractivity contribution >= 4 is 17.5 Å². The van der Waals surface area contributed by atoms with Crippen molar-refractivity contribution in [2.45, 2.75) is 19.5 Å². The Morgan fingerprint density at radius 2 is 2.31 bits per heavy atom. The summed E-state index contributed by atoms with van der Waals surface area (Å²) in [5.41, 5.74) is 7.55. The highest BCUT2D eigenvalue weighted by molar-refractivity contribution is 6.02. The second-order valence-corrected chi connectivity index (χ2v) is 3.79. The maximum atomic E-state index is 11.5. The summed E-state index contributed by atoms with van der Waals surface area (Å²) in [6, 6.07) is 4.67. The van der Waals surface area contributed by atoms with Gasteiger partial charge in [0.2, 0.25) is 5.91 Å². The fourth-order valence-electron chi connectivity index (χ4n) is 1.62. The van der Waals surface area contributed by atoms with E-state index in [0.717, 1.165) is 5.56 Å². The van der Waals surface area contributed by atoms with Gasteiger partial charge in [-0.05, 0) is 19.1 Å². The monoisotopic (exact) mass is 219 g/mol. The Hall–Kier alpha value is -1.88. The van der Waals surface area contributed by atoms with Gasteiger partial charge in [-0.25, -0.2) is 0 Å². The Balaban J connectivity index is 2.30. The number of hydrogen-bond acceptors (Lipinski definition) is 3. The molecule has 0 saturated heterocycles. The molecule has 1 aromatic rings. The molecule has 0 aliphatic carbocycles. The average Bonchev–Trinajstić information content (AvgIpc) is 2.62. The maximum Gasteiger partial charge on any atom is 0.251 e. The largest absolute Gasteiger partial charge is 0.348 e. The number of rotatable bonds is 2. The summed E-state index contributed by atoms with van der Waals surface area (Å²) >= 11 is 0. The molecule has 4 N–H and O–H groups in total. The van der Waals surface area contributed by atoms with Gasteiger partial charge < -0.3 is 16.4 Å². The van der Waals surface area contributed by atoms with Crippen LogP contribution in [0.2, 0.25) is 0 Å². The minimum Gasteiger partial charge on any atom is -0.348 e. The lowest BCUT2D eigenvalue weighted by Gasteiger charge is -2.10. The van der Waals surface area contributed by atoms with E-state index in [-0.39, 0.29) is 11.8 Å². The van der Waals surface area contributed by atoms with E-state index in [2.05, 4.69) is 10.6 Å². The van der Waals surface area contributed by atoms with Crippen molar-refractivity contribution < 1.29 is 9.59 Å². The summed E-state index contributed by atoms with van der Waals surface area (Å²) in [7, 11) is 0. The van der Waals surface area contributed by atoms with Crippen molar-refractivity contribution in [1.29, 1.82) is 0 Å². The number of nitrogens with two attached hydrogens (primary N) is 1. The molecule has 2 amide bonds. The molecule has 5 nitrogen and oxygen atoms in total. The maximum absolute atomic E-state index is 11.5. The number of carbonyl (C=O) groups is 2. The smallest absolute Gasteiger partial charge is 0.251 e. The van der Waals surface area contributed by atoms with Gasteiger partial charge in [-0.1, -0.05) is 6.07 Å². The van der Waals surface area contributed by atoms with Crippen LogP contribution in [0, 0.1) is 0 Å². The number of nitrogens with one attached hydrogen (secondary N) is 2. The second kappa shape index (κ2) is 3.94. The van der Waals surface area contributed by atoms with Crippen molar-refractivity contribution in [3.8, 4) is 0 Å². The van der Waals surface area contributed by atoms with E-state index in [1.54, 1.807) is 25.1 Å². The standard InChI is InChI=1S/C11H13N3O2/c1-6(12)10(15)14-9-4-2-3-7-8(9)5-13-11(7)16/h2-4,6H,5,12H2,1H3,(H,13,16)(H,14,15). The van der Waals surface area contributed by atoms with Gasteiger partial charge in [0.05, 0.1) is 6.04 Å². The average molecular weight is 219 g/mol. The van der Waals surface area contributed by atoms with Crippen LogP contribution in [0.15, 0.2) is 18.2 Å². The molecule has 0 bridgehead atoms. The minimum atomic E-state index is -0.569. The van der Waals surface area contributed by atoms with Crippen LogP contribution in [0.4, 0.5) is 5.69 Å². The number of benzene rings is 1. The topological polar surface area (TPSA) is 84.2 Å². The van der Waals surface area contributed by atoms with Crippen LogP contribution in [0.25, 0.3) is 0 Å². The Kier molecular flexibility index (Phi) is 2.62. The summed E-state index contributed by atoms with van der Waals surface area (Å²) in [4.78, 5) is 22.8. The number of anilines is 1. The Labute approximate surface area is 93.0 Å². The third kappa shape index (κ3) is 1.77. The predicted octanol–water partition coefficient (Wildman–Crippen LogP) is 0.216. The SMILES string of the molecule is CC(N)C(=O)Nc1cccc2c1CNC2=O. The highest BCUT2D eigenvalue weighted by atomic mass is 16.2. The van der Waals surface area contributed by atoms with Crippen molar-refractivity contribution in [2.75, 3.05) is 5.32 Å². The van der Waals surface area contributed by atoms with Crippen molar-refractivity contribution in [3.63, 3.8) is 0 Å². The molecule has 0 radical (unpaired) electrons. The van der Waals surface area contributed by atoms with E-state index in [4.69, 9.17) is 5.73 Å². The van der Waals surface area contributed by atoms with Crippen LogP contribution in [-0.2, 0) is 11.3 Å². The Morgan fingerprint density at radius 3 is 3.00 bits per heavy atom. The highest BCUT2D eigenvalue weighted by Gasteiger charge is 2.22. The van der Waals surface area contributed by atoms with Gasteiger partial charge in [-0.3, -0.25) is 9.59 Å². The molecule has 5 heteroatoms. The van der Waals surface area contributed by atoms with Gasteiger partial charge in [0.1, 0.15) is 0 Å². The molecule has 0 aromatic heterocycles. The summed E-state index contributed by atoms with van der Waals surface area (Å²) in [5, 5.41) is 5.41. The fourth-order valence-corrected chi connectivity index (χ4v) is 1.62. The first-order valence-electron chi connectivity index (χ1n) is 5.06. The van der Waals surface area contributed by atoms with Crippen LogP contribution in [0.1, 0.15) is 22.8 Å². The first-order valence-corrected chi connectivity index (χ1v) is 5.06. The van der Waals surface area contributed by atoms with Gasteiger partial charge in [0.15, 0.2) is 0 Å². The Bertz CT molecular complexity index is 455. The van der Waals surface area contributed by atoms with E-state index in [9.17, 15) is 9.59 Å². The molecule has 16 heavy (non-hydrogen) atoms. The quantitative estimate of drug-likeness (QED) is 0.665. The third-order valence-corrected chi connectivity index (χ3v) is 2.52. The fraction of sp³-hybridized carbons (Fsp3) is 0.273. The van der Waals surface area contributed by atoms with Gasteiger partial charge in [0, 0.05) is 23.4 Å². The third-order valence-electron chi connectivity index (χ3n) is 2.52. The van der Waals surface area contributed by atoms with Crippen molar-refractivity contribution in [2.24, 2.45) is 5.73 Å². The van der Waals surface area contributed by atoms with E-state index in [1.807, 2.05) is 0 Å². The second-order valence-electron chi connectivity index (χ2n) is 3.79. The molecule has 1 aliphatic heterocycles. The molecule has 0 spiro atoms. The molecule has 84 valence electrons. The van der Waals surface area contributed by atoms with Crippen LogP contribution in [0.3, 0.4) is 0 Å². The summed E-state index contributed by atoms with van der Waals surface area (Å²) in [6.07, 6.45) is 0. The van der Waals surface area contributed by atoms with Crippen molar-refractivity contribution in [3.05, 3.63) is 29.3 Å². The molecule has 2 rings (SSSR count). The number of carbonyl (C=O) groups excluding carboxylic acids is 2. The van der Waals surface area contributed by atoms with Crippen molar-refractivity contribution in [1.82, 2.24) is 5.32 Å². The molecular formula is C11H13N3O2. The van der Waals surface area contributed by atoms with Gasteiger partial charge in [0.25, 0.3) is 5.91 Å². The number of hydrogen-bond donors (Lipinski definition) is 3. The zero-order valence-electron chi connectivity index (χ0n) is 8.91. The lowest BCUT2D eigenvalue weighted by atomic mass is 10.1. The predicted molar refractivity (Wildman–Crippen MR) is 59.9 cm³/mol. The summed E-state index contributed by atoms with van der Waals surface area (Å²) in [6.45, 7) is 2.06. The summed E-state index contributed by atoms with van der Waals surface area (Å²) < 4.78 is 0. The zero-order chi connectivity index (χ0) is 11.7. The number of fused-ring (bicyclic) bond motifs is 1. The van der Waals surface area contributed by atoms with E-state index < -0.39 is 6.04 Å². The molecule has 0 saturated carbocycles. The summed E-state index contributed by atoms with van der Waals surface area (Å²) in [5.74, 6) is -0.361. The lowest BCUT2D eigenvalue weighted by Crippen LogP contribution is -2.32. The number of amides is 2. The zero-order valence-corrected chi connectivity index (χ0v) is 8.91. The minimum absolute atomic E-state index is 0.105. The van der Waals surface area contributed by atoms with Crippen LogP contribution in [-0.4, -0.2) is 17.9 Å². The highest BCUT2D eigenvalue weighted by Crippen LogP contribution is 2.24. The normalized spacial score (nSPS) is 15.2. The van der Waals surface area contributed by atoms with Gasteiger partial charge >= 0.3 is 0 Å². The van der Waals surface area contributed by atoms with Gasteiger partial charge in [-0.2, -0.15) is 0 Å².